The fraction of sp³-hybridized carbons (Fsp3) is 0.450. The van der Waals surface area contributed by atoms with Crippen LogP contribution in [0.1, 0.15) is 28.8 Å². The van der Waals surface area contributed by atoms with Crippen molar-refractivity contribution < 1.29 is 33.3 Å². The van der Waals surface area contributed by atoms with Crippen molar-refractivity contribution in [1.82, 2.24) is 14.6 Å². The van der Waals surface area contributed by atoms with Crippen LogP contribution in [0.15, 0.2) is 12.1 Å². The molecule has 0 aliphatic rings. The number of nitrogens with two attached hydrogens (primary N) is 1. The monoisotopic (exact) mass is 521 g/mol. The Morgan fingerprint density at radius 1 is 1.15 bits per heavy atom. The number of hydrogen-bond acceptors (Lipinski definition) is 8. The number of carbonyl (C=O) groups is 2. The van der Waals surface area contributed by atoms with Crippen LogP contribution in [0.25, 0.3) is 0 Å². The smallest absolute Gasteiger partial charge is 0.319 e. The highest BCUT2D eigenvalue weighted by Crippen LogP contribution is 2.31. The number of nitrogens with one attached hydrogen (secondary N) is 2. The lowest BCUT2D eigenvalue weighted by Gasteiger charge is -2.19. The zero-order valence-electron chi connectivity index (χ0n) is 18.2. The van der Waals surface area contributed by atoms with Crippen LogP contribution in [0.4, 0.5) is 18.6 Å². The van der Waals surface area contributed by atoms with Gasteiger partial charge in [0.25, 0.3) is 5.91 Å². The zero-order valence-corrected chi connectivity index (χ0v) is 19.7. The Morgan fingerprint density at radius 2 is 1.79 bits per heavy atom. The molecule has 2 aromatic rings. The van der Waals surface area contributed by atoms with Crippen LogP contribution >= 0.6 is 23.1 Å². The third kappa shape index (κ3) is 8.33. The molecular weight excluding hydrogens is 496 g/mol. The fourth-order valence-electron chi connectivity index (χ4n) is 2.96. The van der Waals surface area contributed by atoms with Crippen molar-refractivity contribution in [3.05, 3.63) is 39.9 Å². The molecule has 0 atom stereocenters. The molecule has 34 heavy (non-hydrogen) atoms. The number of halogens is 3. The lowest BCUT2D eigenvalue weighted by atomic mass is 10.2. The summed E-state index contributed by atoms with van der Waals surface area (Å²) in [6.45, 7) is 1.31. The number of aliphatic hydroxyl groups is 2. The van der Waals surface area contributed by atoms with Gasteiger partial charge in [-0.1, -0.05) is 11.6 Å². The third-order valence-electron chi connectivity index (χ3n) is 4.61. The number of nitrogens with zero attached hydrogens (tertiary/aromatic N) is 2. The van der Waals surface area contributed by atoms with Crippen molar-refractivity contribution >= 4 is 40.1 Å². The standard InChI is InChI=1S/C20H26ClF2N5O5S/c21-12-9-14(22)13(15(23)10-12)11-33-18-16(17(24)31)19(34-27-18)26-20(32)25-3-1-2-4-28(5-7-29)6-8-30/h9-10,29-30H,1-8,11H2,(H2,24,31)(H2,25,26,32). The Labute approximate surface area is 203 Å². The van der Waals surface area contributed by atoms with Crippen LogP contribution in [0.3, 0.4) is 0 Å². The SMILES string of the molecule is NC(=O)c1c(OCc2c(F)cc(Cl)cc2F)nsc1NC(=O)NCCCCN(CCO)CCO. The molecular formula is C20H26ClF2N5O5S. The molecule has 14 heteroatoms. The topological polar surface area (TPSA) is 150 Å². The minimum absolute atomic E-state index is 0.00696. The minimum atomic E-state index is -0.941. The van der Waals surface area contributed by atoms with E-state index >= 15 is 0 Å². The molecule has 0 aliphatic carbocycles. The number of amides is 3. The Kier molecular flexibility index (Phi) is 11.4. The molecule has 2 rings (SSSR count). The molecule has 6 N–H and O–H groups in total. The van der Waals surface area contributed by atoms with Crippen LogP contribution in [0.5, 0.6) is 5.88 Å². The van der Waals surface area contributed by atoms with Crippen molar-refractivity contribution in [2.75, 3.05) is 44.7 Å². The Bertz CT molecular complexity index is 952. The van der Waals surface area contributed by atoms with Gasteiger partial charge in [-0.15, -0.1) is 0 Å². The van der Waals surface area contributed by atoms with Crippen LogP contribution < -0.4 is 21.1 Å². The second-order valence-electron chi connectivity index (χ2n) is 7.07. The predicted molar refractivity (Wildman–Crippen MR) is 123 cm³/mol. The molecule has 188 valence electrons. The summed E-state index contributed by atoms with van der Waals surface area (Å²) in [5.74, 6) is -3.05. The number of ether oxygens (including phenoxy) is 1. The van der Waals surface area contributed by atoms with Gasteiger partial charge in [0.05, 0.1) is 18.8 Å². The van der Waals surface area contributed by atoms with Crippen molar-refractivity contribution in [3.8, 4) is 5.88 Å². The molecule has 0 aliphatic heterocycles. The number of hydrogen-bond donors (Lipinski definition) is 5. The molecule has 1 aromatic carbocycles. The van der Waals surface area contributed by atoms with Crippen LogP contribution in [-0.4, -0.2) is 70.8 Å². The molecule has 1 aromatic heterocycles. The summed E-state index contributed by atoms with van der Waals surface area (Å²) in [6.07, 6.45) is 1.36. The van der Waals surface area contributed by atoms with Gasteiger partial charge in [0.1, 0.15) is 28.8 Å². The zero-order chi connectivity index (χ0) is 25.1. The molecule has 0 spiro atoms. The second-order valence-corrected chi connectivity index (χ2v) is 8.28. The van der Waals surface area contributed by atoms with Crippen molar-refractivity contribution in [2.45, 2.75) is 19.4 Å². The molecule has 0 unspecified atom stereocenters. The van der Waals surface area contributed by atoms with Gasteiger partial charge < -0.3 is 26.0 Å². The molecule has 3 amide bonds. The normalized spacial score (nSPS) is 11.0. The summed E-state index contributed by atoms with van der Waals surface area (Å²) in [7, 11) is 0. The van der Waals surface area contributed by atoms with Gasteiger partial charge >= 0.3 is 6.03 Å². The first-order valence-corrected chi connectivity index (χ1v) is 11.5. The van der Waals surface area contributed by atoms with Gasteiger partial charge in [-0.25, -0.2) is 13.6 Å². The number of primary amides is 1. The summed E-state index contributed by atoms with van der Waals surface area (Å²) in [5, 5.41) is 23.0. The fourth-order valence-corrected chi connectivity index (χ4v) is 3.88. The van der Waals surface area contributed by atoms with E-state index in [-0.39, 0.29) is 34.7 Å². The summed E-state index contributed by atoms with van der Waals surface area (Å²) in [5.41, 5.74) is 4.74. The molecule has 0 radical (unpaired) electrons. The van der Waals surface area contributed by atoms with Gasteiger partial charge in [-0.05, 0) is 43.1 Å². The third-order valence-corrected chi connectivity index (χ3v) is 5.58. The van der Waals surface area contributed by atoms with Crippen molar-refractivity contribution in [1.29, 1.82) is 0 Å². The lowest BCUT2D eigenvalue weighted by molar-refractivity contribution is 0.0996. The van der Waals surface area contributed by atoms with Crippen LogP contribution in [-0.2, 0) is 6.61 Å². The lowest BCUT2D eigenvalue weighted by Crippen LogP contribution is -2.32. The van der Waals surface area contributed by atoms with E-state index in [4.69, 9.17) is 32.3 Å². The first-order chi connectivity index (χ1) is 16.3. The van der Waals surface area contributed by atoms with Gasteiger partial charge in [0.2, 0.25) is 5.88 Å². The first-order valence-electron chi connectivity index (χ1n) is 10.3. The molecule has 0 saturated carbocycles. The number of aromatic nitrogens is 1. The van der Waals surface area contributed by atoms with Gasteiger partial charge in [0.15, 0.2) is 0 Å². The highest BCUT2D eigenvalue weighted by molar-refractivity contribution is 7.11. The van der Waals surface area contributed by atoms with Crippen LogP contribution in [0, 0.1) is 11.6 Å². The summed E-state index contributed by atoms with van der Waals surface area (Å²) < 4.78 is 37.1. The quantitative estimate of drug-likeness (QED) is 0.238. The Hall–Kier alpha value is -2.58. The molecule has 0 fully saturated rings. The van der Waals surface area contributed by atoms with E-state index in [1.54, 1.807) is 0 Å². The van der Waals surface area contributed by atoms with E-state index in [0.717, 1.165) is 30.1 Å². The Balaban J connectivity index is 1.89. The van der Waals surface area contributed by atoms with Gasteiger partial charge in [-0.3, -0.25) is 15.0 Å². The van der Waals surface area contributed by atoms with E-state index in [0.29, 0.717) is 32.6 Å². The molecule has 0 bridgehead atoms. The second kappa shape index (κ2) is 14.0. The maximum atomic E-state index is 13.9. The average molecular weight is 522 g/mol. The van der Waals surface area contributed by atoms with E-state index in [9.17, 15) is 18.4 Å². The number of anilines is 1. The minimum Gasteiger partial charge on any atom is -0.471 e. The van der Waals surface area contributed by atoms with Crippen molar-refractivity contribution in [3.63, 3.8) is 0 Å². The van der Waals surface area contributed by atoms with E-state index in [1.165, 1.54) is 0 Å². The number of rotatable bonds is 14. The number of unbranched alkanes of at least 4 members (excludes halogenated alkanes) is 1. The first kappa shape index (κ1) is 27.7. The summed E-state index contributed by atoms with van der Waals surface area (Å²) in [4.78, 5) is 26.0. The highest BCUT2D eigenvalue weighted by Gasteiger charge is 2.23. The number of aliphatic hydroxyl groups excluding tert-OH is 2. The summed E-state index contributed by atoms with van der Waals surface area (Å²) in [6, 6.07) is 1.25. The van der Waals surface area contributed by atoms with E-state index in [1.807, 2.05) is 4.90 Å². The maximum absolute atomic E-state index is 13.9. The summed E-state index contributed by atoms with van der Waals surface area (Å²) >= 11 is 6.32. The molecule has 0 saturated heterocycles. The highest BCUT2D eigenvalue weighted by atomic mass is 35.5. The maximum Gasteiger partial charge on any atom is 0.319 e. The average Bonchev–Trinajstić information content (AvgIpc) is 3.15. The van der Waals surface area contributed by atoms with Gasteiger partial charge in [-0.2, -0.15) is 4.37 Å². The number of benzene rings is 1. The Morgan fingerprint density at radius 3 is 2.38 bits per heavy atom. The molecule has 1 heterocycles. The molecule has 10 nitrogen and oxygen atoms in total. The largest absolute Gasteiger partial charge is 0.471 e. The number of urea groups is 1. The van der Waals surface area contributed by atoms with E-state index in [2.05, 4.69) is 15.0 Å². The van der Waals surface area contributed by atoms with Gasteiger partial charge in [0, 0.05) is 24.7 Å². The predicted octanol–water partition coefficient (Wildman–Crippen LogP) is 1.94. The van der Waals surface area contributed by atoms with E-state index < -0.39 is 35.7 Å². The van der Waals surface area contributed by atoms with Crippen LogP contribution in [0.2, 0.25) is 5.02 Å². The number of carbonyl (C=O) groups excluding carboxylic acids is 2. The van der Waals surface area contributed by atoms with Crippen molar-refractivity contribution in [2.24, 2.45) is 5.73 Å².